The van der Waals surface area contributed by atoms with Gasteiger partial charge in [-0.15, -0.1) is 0 Å². The maximum Gasteiger partial charge on any atom is 0.234 e. The Hall–Kier alpha value is -1.35. The van der Waals surface area contributed by atoms with Crippen molar-refractivity contribution in [2.75, 3.05) is 6.54 Å². The molecule has 1 amide bonds. The minimum absolute atomic E-state index is 0.0994. The molecule has 0 atom stereocenters. The fourth-order valence-corrected chi connectivity index (χ4v) is 2.52. The van der Waals surface area contributed by atoms with E-state index in [9.17, 15) is 4.79 Å². The highest BCUT2D eigenvalue weighted by atomic mass is 16.1. The van der Waals surface area contributed by atoms with Gasteiger partial charge in [0.05, 0.1) is 6.54 Å². The van der Waals surface area contributed by atoms with Crippen molar-refractivity contribution >= 4 is 5.91 Å². The van der Waals surface area contributed by atoms with Crippen molar-refractivity contribution in [1.82, 2.24) is 10.6 Å². The molecule has 0 bridgehead atoms. The molecule has 1 fully saturated rings. The first-order chi connectivity index (χ1) is 8.81. The van der Waals surface area contributed by atoms with E-state index in [1.807, 2.05) is 0 Å². The lowest BCUT2D eigenvalue weighted by Gasteiger charge is -2.08. The maximum atomic E-state index is 11.6. The van der Waals surface area contributed by atoms with Crippen molar-refractivity contribution in [2.45, 2.75) is 44.7 Å². The first-order valence-electron chi connectivity index (χ1n) is 6.92. The van der Waals surface area contributed by atoms with E-state index >= 15 is 0 Å². The zero-order valence-electron chi connectivity index (χ0n) is 10.7. The number of benzene rings is 1. The molecule has 2 aliphatic rings. The van der Waals surface area contributed by atoms with Crippen LogP contribution in [0.4, 0.5) is 0 Å². The van der Waals surface area contributed by atoms with E-state index in [4.69, 9.17) is 0 Å². The first kappa shape index (κ1) is 11.7. The van der Waals surface area contributed by atoms with Crippen LogP contribution in [0.1, 0.15) is 36.0 Å². The highest BCUT2D eigenvalue weighted by Gasteiger charge is 2.21. The second-order valence-corrected chi connectivity index (χ2v) is 5.39. The Bertz CT molecular complexity index is 452. The molecule has 2 N–H and O–H groups in total. The summed E-state index contributed by atoms with van der Waals surface area (Å²) in [6.45, 7) is 1.11. The number of rotatable bonds is 5. The van der Waals surface area contributed by atoms with Crippen LogP contribution in [0.2, 0.25) is 0 Å². The number of hydrogen-bond acceptors (Lipinski definition) is 2. The number of fused-ring (bicyclic) bond motifs is 1. The molecule has 3 rings (SSSR count). The fraction of sp³-hybridized carbons (Fsp3) is 0.533. The van der Waals surface area contributed by atoms with Crippen molar-refractivity contribution in [3.63, 3.8) is 0 Å². The van der Waals surface area contributed by atoms with Gasteiger partial charge in [0.15, 0.2) is 0 Å². The molecule has 0 radical (unpaired) electrons. The Morgan fingerprint density at radius 2 is 2.06 bits per heavy atom. The average Bonchev–Trinajstić information content (AvgIpc) is 3.10. The number of aryl methyl sites for hydroxylation is 2. The summed E-state index contributed by atoms with van der Waals surface area (Å²) in [4.78, 5) is 11.6. The average molecular weight is 244 g/mol. The molecule has 96 valence electrons. The van der Waals surface area contributed by atoms with E-state index in [0.29, 0.717) is 19.1 Å². The van der Waals surface area contributed by atoms with Crippen molar-refractivity contribution < 1.29 is 4.79 Å². The lowest BCUT2D eigenvalue weighted by Crippen LogP contribution is -2.34. The predicted molar refractivity (Wildman–Crippen MR) is 71.3 cm³/mol. The quantitative estimate of drug-likeness (QED) is 0.825. The van der Waals surface area contributed by atoms with Gasteiger partial charge in [-0.3, -0.25) is 4.79 Å². The van der Waals surface area contributed by atoms with Crippen LogP contribution in [0.15, 0.2) is 18.2 Å². The maximum absolute atomic E-state index is 11.6. The molecule has 0 aliphatic heterocycles. The highest BCUT2D eigenvalue weighted by molar-refractivity contribution is 5.78. The largest absolute Gasteiger partial charge is 0.351 e. The number of nitrogens with one attached hydrogen (secondary N) is 2. The molecule has 1 aromatic carbocycles. The molecule has 0 aromatic heterocycles. The fourth-order valence-electron chi connectivity index (χ4n) is 2.52. The zero-order chi connectivity index (χ0) is 12.4. The summed E-state index contributed by atoms with van der Waals surface area (Å²) in [5.74, 6) is 0.0994. The molecule has 0 heterocycles. The van der Waals surface area contributed by atoms with Crippen LogP contribution in [0, 0.1) is 0 Å². The zero-order valence-corrected chi connectivity index (χ0v) is 10.7. The summed E-state index contributed by atoms with van der Waals surface area (Å²) in [6, 6.07) is 7.19. The summed E-state index contributed by atoms with van der Waals surface area (Å²) >= 11 is 0. The summed E-state index contributed by atoms with van der Waals surface area (Å²) in [7, 11) is 0. The summed E-state index contributed by atoms with van der Waals surface area (Å²) in [5, 5.41) is 6.19. The van der Waals surface area contributed by atoms with Crippen LogP contribution < -0.4 is 10.6 Å². The molecule has 1 saturated carbocycles. The third-order valence-electron chi connectivity index (χ3n) is 3.78. The highest BCUT2D eigenvalue weighted by Crippen LogP contribution is 2.22. The Labute approximate surface area is 108 Å². The topological polar surface area (TPSA) is 41.1 Å². The number of amides is 1. The van der Waals surface area contributed by atoms with Crippen molar-refractivity contribution in [3.05, 3.63) is 34.9 Å². The van der Waals surface area contributed by atoms with E-state index < -0.39 is 0 Å². The molecule has 18 heavy (non-hydrogen) atoms. The van der Waals surface area contributed by atoms with Gasteiger partial charge in [-0.2, -0.15) is 0 Å². The third-order valence-corrected chi connectivity index (χ3v) is 3.78. The van der Waals surface area contributed by atoms with Crippen LogP contribution in [0.3, 0.4) is 0 Å². The molecule has 3 nitrogen and oxygen atoms in total. The summed E-state index contributed by atoms with van der Waals surface area (Å²) in [6.07, 6.45) is 6.13. The van der Waals surface area contributed by atoms with Crippen molar-refractivity contribution in [3.8, 4) is 0 Å². The van der Waals surface area contributed by atoms with Gasteiger partial charge in [-0.1, -0.05) is 18.2 Å². The molecule has 3 heteroatoms. The van der Waals surface area contributed by atoms with Crippen LogP contribution in [0.5, 0.6) is 0 Å². The SMILES string of the molecule is O=C(CNC1CC1)NCc1ccc2c(c1)CCC2. The van der Waals surface area contributed by atoms with E-state index in [-0.39, 0.29) is 5.91 Å². The number of carbonyl (C=O) groups excluding carboxylic acids is 1. The summed E-state index contributed by atoms with van der Waals surface area (Å²) in [5.41, 5.74) is 4.17. The standard InChI is InChI=1S/C15H20N2O/c18-15(10-16-14-6-7-14)17-9-11-4-5-12-2-1-3-13(12)8-11/h4-5,8,14,16H,1-3,6-7,9-10H2,(H,17,18). The minimum Gasteiger partial charge on any atom is -0.351 e. The van der Waals surface area contributed by atoms with E-state index in [0.717, 1.165) is 0 Å². The Balaban J connectivity index is 1.48. The van der Waals surface area contributed by atoms with Gasteiger partial charge in [0.2, 0.25) is 5.91 Å². The Kier molecular flexibility index (Phi) is 3.33. The first-order valence-corrected chi connectivity index (χ1v) is 6.92. The molecular formula is C15H20N2O. The number of hydrogen-bond donors (Lipinski definition) is 2. The van der Waals surface area contributed by atoms with Crippen LogP contribution in [-0.2, 0) is 24.2 Å². The van der Waals surface area contributed by atoms with Gasteiger partial charge in [-0.05, 0) is 48.8 Å². The van der Waals surface area contributed by atoms with Crippen molar-refractivity contribution in [1.29, 1.82) is 0 Å². The number of carbonyl (C=O) groups is 1. The van der Waals surface area contributed by atoms with E-state index in [1.165, 1.54) is 48.8 Å². The second kappa shape index (κ2) is 5.11. The third kappa shape index (κ3) is 2.91. The minimum atomic E-state index is 0.0994. The predicted octanol–water partition coefficient (Wildman–Crippen LogP) is 1.54. The lowest BCUT2D eigenvalue weighted by molar-refractivity contribution is -0.120. The molecule has 0 spiro atoms. The van der Waals surface area contributed by atoms with Crippen LogP contribution >= 0.6 is 0 Å². The molecule has 2 aliphatic carbocycles. The molecule has 0 saturated heterocycles. The van der Waals surface area contributed by atoms with Gasteiger partial charge < -0.3 is 10.6 Å². The molecular weight excluding hydrogens is 224 g/mol. The molecule has 1 aromatic rings. The van der Waals surface area contributed by atoms with Crippen molar-refractivity contribution in [2.24, 2.45) is 0 Å². The van der Waals surface area contributed by atoms with Gasteiger partial charge in [0.25, 0.3) is 0 Å². The Morgan fingerprint density at radius 3 is 2.89 bits per heavy atom. The lowest BCUT2D eigenvalue weighted by atomic mass is 10.1. The summed E-state index contributed by atoms with van der Waals surface area (Å²) < 4.78 is 0. The van der Waals surface area contributed by atoms with Crippen LogP contribution in [-0.4, -0.2) is 18.5 Å². The van der Waals surface area contributed by atoms with E-state index in [1.54, 1.807) is 0 Å². The second-order valence-electron chi connectivity index (χ2n) is 5.39. The van der Waals surface area contributed by atoms with E-state index in [2.05, 4.69) is 28.8 Å². The normalized spacial score (nSPS) is 17.6. The van der Waals surface area contributed by atoms with Gasteiger partial charge >= 0.3 is 0 Å². The monoisotopic (exact) mass is 244 g/mol. The smallest absolute Gasteiger partial charge is 0.234 e. The Morgan fingerprint density at radius 1 is 1.22 bits per heavy atom. The van der Waals surface area contributed by atoms with Crippen LogP contribution in [0.25, 0.3) is 0 Å². The molecule has 0 unspecified atom stereocenters. The van der Waals surface area contributed by atoms with Gasteiger partial charge in [0, 0.05) is 12.6 Å². The van der Waals surface area contributed by atoms with Gasteiger partial charge in [-0.25, -0.2) is 0 Å². The van der Waals surface area contributed by atoms with Gasteiger partial charge in [0.1, 0.15) is 0 Å².